The third-order valence-electron chi connectivity index (χ3n) is 4.10. The highest BCUT2D eigenvalue weighted by Crippen LogP contribution is 2.36. The fourth-order valence-corrected chi connectivity index (χ4v) is 3.48. The Morgan fingerprint density at radius 2 is 1.94 bits per heavy atom. The average Bonchev–Trinajstić information content (AvgIpc) is 2.72. The predicted molar refractivity (Wildman–Crippen MR) is 108 cm³/mol. The zero-order chi connectivity index (χ0) is 23.6. The minimum atomic E-state index is -4.96. The van der Waals surface area contributed by atoms with Crippen LogP contribution in [0.25, 0.3) is 5.69 Å². The van der Waals surface area contributed by atoms with Gasteiger partial charge in [-0.25, -0.2) is 18.7 Å². The smallest absolute Gasteiger partial charge is 0.431 e. The van der Waals surface area contributed by atoms with Gasteiger partial charge in [-0.3, -0.25) is 9.36 Å². The molecular weight excluding hydrogens is 478 g/mol. The molecule has 13 heteroatoms. The maximum atomic E-state index is 14.6. The monoisotopic (exact) mass is 489 g/mol. The molecule has 3 aromatic rings. The number of benzene rings is 1. The molecule has 2 heterocycles. The number of hydrogen-bond donors (Lipinski definition) is 0. The van der Waals surface area contributed by atoms with Crippen molar-refractivity contribution in [2.24, 2.45) is 7.05 Å². The number of pyridine rings is 1. The molecule has 0 fully saturated rings. The zero-order valence-electron chi connectivity index (χ0n) is 16.0. The molecule has 0 atom stereocenters. The van der Waals surface area contributed by atoms with Gasteiger partial charge in [0.15, 0.2) is 5.75 Å². The molecule has 0 radical (unpaired) electrons. The number of rotatable bonds is 6. The molecule has 0 amide bonds. The van der Waals surface area contributed by atoms with Crippen LogP contribution in [0.3, 0.4) is 0 Å². The highest BCUT2D eigenvalue weighted by atomic mass is 35.5. The second-order valence-corrected chi connectivity index (χ2v) is 7.58. The molecule has 32 heavy (non-hydrogen) atoms. The van der Waals surface area contributed by atoms with Crippen LogP contribution in [0.15, 0.2) is 51.1 Å². The van der Waals surface area contributed by atoms with E-state index in [1.807, 2.05) is 0 Å². The van der Waals surface area contributed by atoms with Crippen molar-refractivity contribution in [3.63, 3.8) is 0 Å². The number of aldehydes is 1. The predicted octanol–water partition coefficient (Wildman–Crippen LogP) is 3.83. The Hall–Kier alpha value is -3.12. The van der Waals surface area contributed by atoms with Crippen molar-refractivity contribution in [3.05, 3.63) is 73.9 Å². The number of ether oxygens (including phenoxy) is 1. The van der Waals surface area contributed by atoms with Crippen molar-refractivity contribution in [2.45, 2.75) is 11.2 Å². The van der Waals surface area contributed by atoms with Gasteiger partial charge in [0.25, 0.3) is 5.56 Å². The molecule has 0 N–H and O–H groups in total. The molecule has 7 nitrogen and oxygen atoms in total. The minimum Gasteiger partial charge on any atom is -0.453 e. The van der Waals surface area contributed by atoms with Crippen LogP contribution < -0.4 is 16.0 Å². The van der Waals surface area contributed by atoms with E-state index in [0.717, 1.165) is 30.9 Å². The summed E-state index contributed by atoms with van der Waals surface area (Å²) in [6.45, 7) is 0. The van der Waals surface area contributed by atoms with Gasteiger partial charge >= 0.3 is 11.9 Å². The molecule has 0 unspecified atom stereocenters. The molecule has 0 aliphatic carbocycles. The highest BCUT2D eigenvalue weighted by Gasteiger charge is 2.35. The van der Waals surface area contributed by atoms with E-state index in [0.29, 0.717) is 11.3 Å². The Balaban J connectivity index is 2.14. The van der Waals surface area contributed by atoms with Gasteiger partial charge in [0.2, 0.25) is 0 Å². The van der Waals surface area contributed by atoms with Crippen molar-refractivity contribution in [1.82, 2.24) is 14.1 Å². The van der Waals surface area contributed by atoms with Crippen LogP contribution in [-0.4, -0.2) is 26.2 Å². The maximum Gasteiger partial charge on any atom is 0.431 e. The van der Waals surface area contributed by atoms with Crippen molar-refractivity contribution in [1.29, 1.82) is 0 Å². The molecule has 168 valence electrons. The van der Waals surface area contributed by atoms with Gasteiger partial charge in [0.1, 0.15) is 28.6 Å². The van der Waals surface area contributed by atoms with Crippen molar-refractivity contribution in [2.75, 3.05) is 5.75 Å². The summed E-state index contributed by atoms with van der Waals surface area (Å²) in [4.78, 5) is 39.5. The number of thioether (sulfide) groups is 1. The second-order valence-electron chi connectivity index (χ2n) is 6.16. The van der Waals surface area contributed by atoms with Crippen LogP contribution >= 0.6 is 23.4 Å². The maximum absolute atomic E-state index is 14.6. The van der Waals surface area contributed by atoms with E-state index < -0.39 is 34.6 Å². The number of carbonyl (C=O) groups excluding carboxylic acids is 1. The third-order valence-corrected chi connectivity index (χ3v) is 5.28. The summed E-state index contributed by atoms with van der Waals surface area (Å²) in [6.07, 6.45) is -2.86. The summed E-state index contributed by atoms with van der Waals surface area (Å²) in [5.41, 5.74) is -4.95. The average molecular weight is 490 g/mol. The third kappa shape index (κ3) is 4.70. The van der Waals surface area contributed by atoms with Crippen molar-refractivity contribution < 1.29 is 27.1 Å². The number of hydrogen-bond acceptors (Lipinski definition) is 6. The van der Waals surface area contributed by atoms with E-state index in [9.17, 15) is 31.9 Å². The molecule has 0 spiro atoms. The molecule has 1 aromatic carbocycles. The fraction of sp³-hybridized carbons (Fsp3) is 0.158. The lowest BCUT2D eigenvalue weighted by Crippen LogP contribution is -2.41. The first-order chi connectivity index (χ1) is 15.0. The van der Waals surface area contributed by atoms with Crippen LogP contribution in [0.4, 0.5) is 17.6 Å². The van der Waals surface area contributed by atoms with E-state index in [4.69, 9.17) is 16.3 Å². The van der Waals surface area contributed by atoms with E-state index in [1.165, 1.54) is 18.3 Å². The van der Waals surface area contributed by atoms with E-state index >= 15 is 0 Å². The van der Waals surface area contributed by atoms with Gasteiger partial charge in [-0.1, -0.05) is 23.4 Å². The summed E-state index contributed by atoms with van der Waals surface area (Å²) in [5, 5.41) is 0.0716. The first kappa shape index (κ1) is 23.5. The standard InChI is InChI=1S/C19H12ClF4N3O4S/c1-26-15(19(22,23)24)9-16(29)27(18(26)30)12-8-14(10(20)7-11(12)21)31-13-3-2-4-25-17(13)32-6-5-28/h2-5,7-9H,6H2,1H3. The number of alkyl halides is 3. The van der Waals surface area contributed by atoms with Crippen LogP contribution in [0.5, 0.6) is 11.5 Å². The highest BCUT2D eigenvalue weighted by molar-refractivity contribution is 7.99. The number of nitrogens with zero attached hydrogens (tertiary/aromatic N) is 3. The number of aromatic nitrogens is 3. The van der Waals surface area contributed by atoms with Crippen LogP contribution in [-0.2, 0) is 18.0 Å². The lowest BCUT2D eigenvalue weighted by molar-refractivity contribution is -0.144. The summed E-state index contributed by atoms with van der Waals surface area (Å²) in [6, 6.07) is 4.86. The molecule has 3 rings (SSSR count). The lowest BCUT2D eigenvalue weighted by Gasteiger charge is -2.16. The van der Waals surface area contributed by atoms with E-state index in [-0.39, 0.29) is 37.5 Å². The van der Waals surface area contributed by atoms with Crippen LogP contribution in [0.2, 0.25) is 5.02 Å². The topological polar surface area (TPSA) is 83.2 Å². The molecule has 0 saturated carbocycles. The Labute approximate surface area is 186 Å². The number of carbonyl (C=O) groups is 1. The molecular formula is C19H12ClF4N3O4S. The molecule has 0 bridgehead atoms. The largest absolute Gasteiger partial charge is 0.453 e. The van der Waals surface area contributed by atoms with Crippen molar-refractivity contribution >= 4 is 29.6 Å². The van der Waals surface area contributed by atoms with Gasteiger partial charge < -0.3 is 9.53 Å². The second kappa shape index (κ2) is 9.17. The minimum absolute atomic E-state index is 0.0762. The molecule has 2 aromatic heterocycles. The molecule has 0 saturated heterocycles. The SMILES string of the molecule is Cn1c(C(F)(F)F)cc(=O)n(-c2cc(Oc3cccnc3SCC=O)c(Cl)cc2F)c1=O. The Kier molecular flexibility index (Phi) is 6.74. The Morgan fingerprint density at radius 1 is 1.22 bits per heavy atom. The number of halogens is 5. The van der Waals surface area contributed by atoms with E-state index in [2.05, 4.69) is 4.98 Å². The quantitative estimate of drug-likeness (QED) is 0.297. The van der Waals surface area contributed by atoms with Gasteiger partial charge in [-0.15, -0.1) is 0 Å². The molecule has 0 aliphatic heterocycles. The zero-order valence-corrected chi connectivity index (χ0v) is 17.6. The lowest BCUT2D eigenvalue weighted by atomic mass is 10.2. The Bertz CT molecular complexity index is 1310. The summed E-state index contributed by atoms with van der Waals surface area (Å²) in [5.74, 6) is -1.11. The summed E-state index contributed by atoms with van der Waals surface area (Å²) < 4.78 is 59.8. The first-order valence-corrected chi connectivity index (χ1v) is 10.00. The van der Waals surface area contributed by atoms with Gasteiger partial charge in [-0.05, 0) is 18.2 Å². The van der Waals surface area contributed by atoms with Crippen molar-refractivity contribution in [3.8, 4) is 17.2 Å². The van der Waals surface area contributed by atoms with Crippen LogP contribution in [0, 0.1) is 5.82 Å². The van der Waals surface area contributed by atoms with Gasteiger partial charge in [0, 0.05) is 25.4 Å². The fourth-order valence-electron chi connectivity index (χ4n) is 2.68. The normalized spacial score (nSPS) is 11.4. The summed E-state index contributed by atoms with van der Waals surface area (Å²) >= 11 is 7.07. The van der Waals surface area contributed by atoms with Gasteiger partial charge in [-0.2, -0.15) is 13.2 Å². The van der Waals surface area contributed by atoms with E-state index in [1.54, 1.807) is 0 Å². The van der Waals surface area contributed by atoms with Crippen LogP contribution in [0.1, 0.15) is 5.69 Å². The molecule has 0 aliphatic rings. The summed E-state index contributed by atoms with van der Waals surface area (Å²) in [7, 11) is 0.804. The Morgan fingerprint density at radius 3 is 2.59 bits per heavy atom. The first-order valence-electron chi connectivity index (χ1n) is 8.63. The van der Waals surface area contributed by atoms with Gasteiger partial charge in [0.05, 0.1) is 16.5 Å².